The van der Waals surface area contributed by atoms with Gasteiger partial charge in [0.25, 0.3) is 5.91 Å². The number of carbonyl (C=O) groups is 1. The molecule has 0 aliphatic heterocycles. The minimum Gasteiger partial charge on any atom is -0.386 e. The zero-order valence-corrected chi connectivity index (χ0v) is 24.3. The van der Waals surface area contributed by atoms with E-state index in [4.69, 9.17) is 0 Å². The standard InChI is InChI=1S/C32H36N8O2/c1-20-10-11-21(17-33-20)18-34-31(41)27-19-40(39-37-27)14-5-4-9-25-16-26-28(23-7-6-8-24(15-23)32(2,3)42)29(22-12-13-22)35-30(26)38-36-25/h6-8,10-11,15-17,19,22,42H,4-5,9,12-14,18H2,1-3H3,(H,34,41)(H,35,38). The first kappa shape index (κ1) is 27.7. The van der Waals surface area contributed by atoms with E-state index in [0.29, 0.717) is 24.7 Å². The second kappa shape index (κ2) is 11.4. The SMILES string of the molecule is Cc1ccc(CNC(=O)c2cn(CCCCc3cc4c(-c5cccc(C(C)(C)O)c5)c(C5CC5)[nH]c4nn3)nn2)cn1. The number of pyridine rings is 1. The summed E-state index contributed by atoms with van der Waals surface area (Å²) in [7, 11) is 0. The van der Waals surface area contributed by atoms with Crippen LogP contribution < -0.4 is 5.32 Å². The third kappa shape index (κ3) is 6.23. The van der Waals surface area contributed by atoms with Crippen molar-refractivity contribution in [3.8, 4) is 11.1 Å². The number of unbranched alkanes of at least 4 members (excludes halogenated alkanes) is 1. The summed E-state index contributed by atoms with van der Waals surface area (Å²) in [6.45, 7) is 6.59. The Kier molecular flexibility index (Phi) is 7.55. The first-order valence-corrected chi connectivity index (χ1v) is 14.6. The number of fused-ring (bicyclic) bond motifs is 1. The van der Waals surface area contributed by atoms with Crippen molar-refractivity contribution in [2.24, 2.45) is 0 Å². The Labute approximate surface area is 244 Å². The fraction of sp³-hybridized carbons (Fsp3) is 0.375. The average molecular weight is 565 g/mol. The van der Waals surface area contributed by atoms with Crippen molar-refractivity contribution >= 4 is 16.9 Å². The maximum absolute atomic E-state index is 12.5. The van der Waals surface area contributed by atoms with Crippen LogP contribution in [-0.4, -0.2) is 46.2 Å². The molecule has 0 radical (unpaired) electrons. The van der Waals surface area contributed by atoms with Gasteiger partial charge in [-0.25, -0.2) is 0 Å². The van der Waals surface area contributed by atoms with Crippen LogP contribution in [0.1, 0.15) is 84.1 Å². The molecule has 0 unspecified atom stereocenters. The normalized spacial score (nSPS) is 13.5. The highest BCUT2D eigenvalue weighted by atomic mass is 16.3. The predicted molar refractivity (Wildman–Crippen MR) is 160 cm³/mol. The third-order valence-corrected chi connectivity index (χ3v) is 7.75. The number of aromatic nitrogens is 7. The van der Waals surface area contributed by atoms with Crippen LogP contribution in [-0.2, 0) is 25.1 Å². The van der Waals surface area contributed by atoms with E-state index in [0.717, 1.165) is 58.4 Å². The highest BCUT2D eigenvalue weighted by Gasteiger charge is 2.30. The van der Waals surface area contributed by atoms with E-state index in [1.54, 1.807) is 17.1 Å². The smallest absolute Gasteiger partial charge is 0.273 e. The second-order valence-corrected chi connectivity index (χ2v) is 11.7. The van der Waals surface area contributed by atoms with E-state index in [2.05, 4.69) is 54.0 Å². The summed E-state index contributed by atoms with van der Waals surface area (Å²) in [6.07, 6.45) is 8.31. The van der Waals surface area contributed by atoms with Crippen molar-refractivity contribution in [1.29, 1.82) is 0 Å². The van der Waals surface area contributed by atoms with Gasteiger partial charge in [0.1, 0.15) is 0 Å². The summed E-state index contributed by atoms with van der Waals surface area (Å²) in [5.41, 5.74) is 7.34. The number of aromatic amines is 1. The molecule has 4 aromatic heterocycles. The van der Waals surface area contributed by atoms with Crippen molar-refractivity contribution in [3.05, 3.63) is 88.8 Å². The summed E-state index contributed by atoms with van der Waals surface area (Å²) in [5, 5.41) is 31.7. The van der Waals surface area contributed by atoms with Crippen molar-refractivity contribution in [2.45, 2.75) is 77.5 Å². The van der Waals surface area contributed by atoms with E-state index in [1.807, 2.05) is 45.0 Å². The summed E-state index contributed by atoms with van der Waals surface area (Å²) in [6, 6.07) is 14.2. The molecule has 0 atom stereocenters. The zero-order valence-electron chi connectivity index (χ0n) is 24.3. The van der Waals surface area contributed by atoms with Crippen LogP contribution in [0.3, 0.4) is 0 Å². The van der Waals surface area contributed by atoms with Gasteiger partial charge in [0.15, 0.2) is 11.3 Å². The number of carbonyl (C=O) groups excluding carboxylic acids is 1. The minimum atomic E-state index is -0.916. The Morgan fingerprint density at radius 3 is 2.74 bits per heavy atom. The Morgan fingerprint density at radius 2 is 1.98 bits per heavy atom. The van der Waals surface area contributed by atoms with E-state index in [-0.39, 0.29) is 5.91 Å². The number of rotatable bonds is 11. The molecule has 10 nitrogen and oxygen atoms in total. The molecule has 42 heavy (non-hydrogen) atoms. The van der Waals surface area contributed by atoms with E-state index in [1.165, 1.54) is 24.1 Å². The Bertz CT molecular complexity index is 1710. The Hall–Kier alpha value is -4.44. The lowest BCUT2D eigenvalue weighted by Crippen LogP contribution is -2.23. The number of aryl methyl sites for hydroxylation is 3. The molecule has 1 fully saturated rings. The molecule has 10 heteroatoms. The molecule has 6 rings (SSSR count). The van der Waals surface area contributed by atoms with Crippen LogP contribution in [0.25, 0.3) is 22.2 Å². The first-order chi connectivity index (χ1) is 20.2. The number of nitrogens with one attached hydrogen (secondary N) is 2. The quantitative estimate of drug-likeness (QED) is 0.193. The van der Waals surface area contributed by atoms with E-state index in [9.17, 15) is 9.90 Å². The van der Waals surface area contributed by atoms with Crippen LogP contribution in [0.4, 0.5) is 0 Å². The molecule has 1 aromatic carbocycles. The molecule has 1 amide bonds. The van der Waals surface area contributed by atoms with Gasteiger partial charge < -0.3 is 15.4 Å². The Balaban J connectivity index is 1.09. The number of nitrogens with zero attached hydrogens (tertiary/aromatic N) is 6. The maximum atomic E-state index is 12.5. The molecule has 1 aliphatic carbocycles. The van der Waals surface area contributed by atoms with Gasteiger partial charge in [-0.3, -0.25) is 14.5 Å². The number of benzene rings is 1. The van der Waals surface area contributed by atoms with Crippen molar-refractivity contribution in [2.75, 3.05) is 0 Å². The van der Waals surface area contributed by atoms with Crippen LogP contribution in [0.5, 0.6) is 0 Å². The van der Waals surface area contributed by atoms with Gasteiger partial charge in [-0.15, -0.1) is 10.2 Å². The highest BCUT2D eigenvalue weighted by Crippen LogP contribution is 2.46. The molecule has 0 saturated heterocycles. The molecule has 0 spiro atoms. The Morgan fingerprint density at radius 1 is 1.12 bits per heavy atom. The summed E-state index contributed by atoms with van der Waals surface area (Å²) in [4.78, 5) is 20.3. The van der Waals surface area contributed by atoms with Crippen LogP contribution in [0.2, 0.25) is 0 Å². The van der Waals surface area contributed by atoms with Crippen molar-refractivity contribution < 1.29 is 9.90 Å². The van der Waals surface area contributed by atoms with E-state index >= 15 is 0 Å². The molecule has 4 heterocycles. The lowest BCUT2D eigenvalue weighted by molar-refractivity contribution is 0.0786. The lowest BCUT2D eigenvalue weighted by Gasteiger charge is -2.18. The topological polar surface area (TPSA) is 134 Å². The third-order valence-electron chi connectivity index (χ3n) is 7.75. The molecule has 1 saturated carbocycles. The molecular weight excluding hydrogens is 528 g/mol. The van der Waals surface area contributed by atoms with Gasteiger partial charge in [0, 0.05) is 41.6 Å². The number of H-pyrrole nitrogens is 1. The largest absolute Gasteiger partial charge is 0.386 e. The summed E-state index contributed by atoms with van der Waals surface area (Å²) < 4.78 is 1.71. The zero-order chi connectivity index (χ0) is 29.3. The van der Waals surface area contributed by atoms with Gasteiger partial charge in [-0.2, -0.15) is 5.10 Å². The molecule has 3 N–H and O–H groups in total. The van der Waals surface area contributed by atoms with Crippen LogP contribution in [0, 0.1) is 6.92 Å². The lowest BCUT2D eigenvalue weighted by atomic mass is 9.93. The van der Waals surface area contributed by atoms with Gasteiger partial charge >= 0.3 is 0 Å². The number of hydrogen-bond acceptors (Lipinski definition) is 7. The molecule has 1 aliphatic rings. The number of amides is 1. The number of aliphatic hydroxyl groups is 1. The van der Waals surface area contributed by atoms with E-state index < -0.39 is 5.60 Å². The fourth-order valence-electron chi connectivity index (χ4n) is 5.18. The minimum absolute atomic E-state index is 0.258. The van der Waals surface area contributed by atoms with Crippen molar-refractivity contribution in [3.63, 3.8) is 0 Å². The van der Waals surface area contributed by atoms with Gasteiger partial charge in [0.2, 0.25) is 0 Å². The second-order valence-electron chi connectivity index (χ2n) is 11.7. The summed E-state index contributed by atoms with van der Waals surface area (Å²) >= 11 is 0. The average Bonchev–Trinajstić information content (AvgIpc) is 3.59. The van der Waals surface area contributed by atoms with Crippen LogP contribution >= 0.6 is 0 Å². The van der Waals surface area contributed by atoms with Crippen molar-refractivity contribution in [1.82, 2.24) is 40.5 Å². The monoisotopic (exact) mass is 564 g/mol. The molecule has 0 bridgehead atoms. The molecule has 5 aromatic rings. The van der Waals surface area contributed by atoms with Crippen LogP contribution in [0.15, 0.2) is 54.9 Å². The predicted octanol–water partition coefficient (Wildman–Crippen LogP) is 4.98. The maximum Gasteiger partial charge on any atom is 0.273 e. The summed E-state index contributed by atoms with van der Waals surface area (Å²) in [5.74, 6) is 0.254. The van der Waals surface area contributed by atoms with Gasteiger partial charge in [-0.05, 0) is 93.7 Å². The van der Waals surface area contributed by atoms with Gasteiger partial charge in [-0.1, -0.05) is 29.5 Å². The first-order valence-electron chi connectivity index (χ1n) is 14.6. The molecule has 216 valence electrons. The number of hydrogen-bond donors (Lipinski definition) is 3. The fourth-order valence-corrected chi connectivity index (χ4v) is 5.18. The molecular formula is C32H36N8O2. The highest BCUT2D eigenvalue weighted by molar-refractivity contribution is 5.96. The van der Waals surface area contributed by atoms with Gasteiger partial charge in [0.05, 0.1) is 17.5 Å².